The fourth-order valence-electron chi connectivity index (χ4n) is 4.24. The molecule has 6 heteroatoms. The summed E-state index contributed by atoms with van der Waals surface area (Å²) in [6.07, 6.45) is 6.54. The molecule has 1 saturated carbocycles. The number of carbonyl (C=O) groups is 3. The van der Waals surface area contributed by atoms with Gasteiger partial charge in [0, 0.05) is 24.7 Å². The van der Waals surface area contributed by atoms with Crippen molar-refractivity contribution in [3.63, 3.8) is 0 Å². The third-order valence-electron chi connectivity index (χ3n) is 6.15. The Kier molecular flexibility index (Phi) is 7.29. The number of nitrogens with zero attached hydrogens (tertiary/aromatic N) is 1. The molecule has 0 bridgehead atoms. The van der Waals surface area contributed by atoms with Crippen LogP contribution in [0.25, 0.3) is 0 Å². The van der Waals surface area contributed by atoms with Crippen molar-refractivity contribution in [3.05, 3.63) is 29.8 Å². The van der Waals surface area contributed by atoms with Gasteiger partial charge in [-0.15, -0.1) is 0 Å². The number of benzene rings is 1. The zero-order valence-electron chi connectivity index (χ0n) is 17.5. The van der Waals surface area contributed by atoms with Crippen LogP contribution < -0.4 is 10.2 Å². The van der Waals surface area contributed by atoms with Crippen molar-refractivity contribution < 1.29 is 19.1 Å². The van der Waals surface area contributed by atoms with E-state index >= 15 is 0 Å². The zero-order chi connectivity index (χ0) is 20.8. The number of carbonyl (C=O) groups excluding carboxylic acids is 3. The van der Waals surface area contributed by atoms with Crippen molar-refractivity contribution in [2.45, 2.75) is 70.8 Å². The van der Waals surface area contributed by atoms with Crippen LogP contribution in [0, 0.1) is 5.92 Å². The molecule has 1 aliphatic heterocycles. The number of amides is 2. The molecule has 2 fully saturated rings. The average molecular weight is 401 g/mol. The highest BCUT2D eigenvalue weighted by Gasteiger charge is 2.37. The number of para-hydroxylation sites is 1. The molecule has 1 aromatic carbocycles. The molecule has 3 rings (SSSR count). The number of hydrogen-bond acceptors (Lipinski definition) is 4. The molecule has 2 atom stereocenters. The van der Waals surface area contributed by atoms with Crippen LogP contribution in [-0.4, -0.2) is 37.0 Å². The van der Waals surface area contributed by atoms with Crippen molar-refractivity contribution in [1.29, 1.82) is 0 Å². The Morgan fingerprint density at radius 1 is 1.21 bits per heavy atom. The number of rotatable bonds is 7. The van der Waals surface area contributed by atoms with Crippen LogP contribution in [0.15, 0.2) is 24.3 Å². The molecule has 1 heterocycles. The standard InChI is InChI=1S/C23H32N2O4/c1-3-16(2)19-11-7-8-12-20(19)25-14-17(13-22(25)27)23(28)29-15-21(26)24-18-9-5-4-6-10-18/h7-8,11-12,16-18H,3-6,9-10,13-15H2,1-2H3,(H,24,26)/t16-,17-/m0/s1. The van der Waals surface area contributed by atoms with Gasteiger partial charge in [-0.1, -0.05) is 51.3 Å². The lowest BCUT2D eigenvalue weighted by Crippen LogP contribution is -2.39. The van der Waals surface area contributed by atoms with Crippen LogP contribution in [-0.2, 0) is 19.1 Å². The molecule has 1 saturated heterocycles. The van der Waals surface area contributed by atoms with Gasteiger partial charge in [-0.05, 0) is 36.8 Å². The van der Waals surface area contributed by atoms with E-state index in [1.165, 1.54) is 6.42 Å². The molecular formula is C23H32N2O4. The number of anilines is 1. The molecule has 0 aromatic heterocycles. The summed E-state index contributed by atoms with van der Waals surface area (Å²) in [5.41, 5.74) is 1.99. The van der Waals surface area contributed by atoms with E-state index in [0.717, 1.165) is 43.4 Å². The summed E-state index contributed by atoms with van der Waals surface area (Å²) in [4.78, 5) is 38.8. The molecule has 2 amide bonds. The minimum absolute atomic E-state index is 0.0747. The molecule has 6 nitrogen and oxygen atoms in total. The second-order valence-corrected chi connectivity index (χ2v) is 8.28. The van der Waals surface area contributed by atoms with Gasteiger partial charge < -0.3 is 15.0 Å². The van der Waals surface area contributed by atoms with E-state index in [4.69, 9.17) is 4.74 Å². The third-order valence-corrected chi connectivity index (χ3v) is 6.15. The molecule has 0 spiro atoms. The number of esters is 1. The molecule has 1 aliphatic carbocycles. The van der Waals surface area contributed by atoms with Crippen LogP contribution in [0.5, 0.6) is 0 Å². The topological polar surface area (TPSA) is 75.7 Å². The van der Waals surface area contributed by atoms with E-state index in [1.807, 2.05) is 24.3 Å². The molecule has 1 aromatic rings. The highest BCUT2D eigenvalue weighted by molar-refractivity contribution is 6.00. The smallest absolute Gasteiger partial charge is 0.311 e. The van der Waals surface area contributed by atoms with Crippen molar-refractivity contribution in [2.24, 2.45) is 5.92 Å². The van der Waals surface area contributed by atoms with E-state index in [1.54, 1.807) is 4.90 Å². The van der Waals surface area contributed by atoms with E-state index in [2.05, 4.69) is 19.2 Å². The van der Waals surface area contributed by atoms with Gasteiger partial charge in [-0.25, -0.2) is 0 Å². The molecule has 0 unspecified atom stereocenters. The van der Waals surface area contributed by atoms with Gasteiger partial charge in [-0.2, -0.15) is 0 Å². The summed E-state index contributed by atoms with van der Waals surface area (Å²) < 4.78 is 5.23. The minimum atomic E-state index is -0.532. The summed E-state index contributed by atoms with van der Waals surface area (Å²) in [5, 5.41) is 2.94. The summed E-state index contributed by atoms with van der Waals surface area (Å²) in [5.74, 6) is -1.01. The Bertz CT molecular complexity index is 742. The third kappa shape index (κ3) is 5.37. The predicted molar refractivity (Wildman–Crippen MR) is 112 cm³/mol. The fourth-order valence-corrected chi connectivity index (χ4v) is 4.24. The Morgan fingerprint density at radius 2 is 1.93 bits per heavy atom. The maximum atomic E-state index is 12.6. The Labute approximate surface area is 173 Å². The minimum Gasteiger partial charge on any atom is -0.455 e. The second kappa shape index (κ2) is 9.90. The second-order valence-electron chi connectivity index (χ2n) is 8.28. The highest BCUT2D eigenvalue weighted by atomic mass is 16.5. The monoisotopic (exact) mass is 400 g/mol. The largest absolute Gasteiger partial charge is 0.455 e. The fraction of sp³-hybridized carbons (Fsp3) is 0.609. The highest BCUT2D eigenvalue weighted by Crippen LogP contribution is 2.33. The maximum absolute atomic E-state index is 12.6. The molecule has 0 radical (unpaired) electrons. The zero-order valence-corrected chi connectivity index (χ0v) is 17.5. The van der Waals surface area contributed by atoms with Crippen LogP contribution in [0.1, 0.15) is 70.3 Å². The lowest BCUT2D eigenvalue weighted by molar-refractivity contribution is -0.152. The molecular weight excluding hydrogens is 368 g/mol. The van der Waals surface area contributed by atoms with Crippen LogP contribution >= 0.6 is 0 Å². The van der Waals surface area contributed by atoms with Gasteiger partial charge in [0.05, 0.1) is 5.92 Å². The van der Waals surface area contributed by atoms with Gasteiger partial charge in [0.2, 0.25) is 5.91 Å². The SMILES string of the molecule is CC[C@H](C)c1ccccc1N1C[C@@H](C(=O)OCC(=O)NC2CCCCC2)CC1=O. The first-order chi connectivity index (χ1) is 14.0. The first kappa shape index (κ1) is 21.3. The first-order valence-electron chi connectivity index (χ1n) is 10.8. The summed E-state index contributed by atoms with van der Waals surface area (Å²) in [6.45, 7) is 4.28. The van der Waals surface area contributed by atoms with Gasteiger partial charge in [-0.3, -0.25) is 14.4 Å². The summed E-state index contributed by atoms with van der Waals surface area (Å²) >= 11 is 0. The summed E-state index contributed by atoms with van der Waals surface area (Å²) in [7, 11) is 0. The van der Waals surface area contributed by atoms with Gasteiger partial charge in [0.25, 0.3) is 5.91 Å². The van der Waals surface area contributed by atoms with Gasteiger partial charge in [0.1, 0.15) is 0 Å². The first-order valence-corrected chi connectivity index (χ1v) is 10.8. The normalized spacial score (nSPS) is 21.1. The van der Waals surface area contributed by atoms with Crippen molar-refractivity contribution >= 4 is 23.5 Å². The molecule has 158 valence electrons. The maximum Gasteiger partial charge on any atom is 0.311 e. The Morgan fingerprint density at radius 3 is 2.66 bits per heavy atom. The Hall–Kier alpha value is -2.37. The van der Waals surface area contributed by atoms with Crippen LogP contribution in [0.3, 0.4) is 0 Å². The van der Waals surface area contributed by atoms with E-state index in [0.29, 0.717) is 12.5 Å². The predicted octanol–water partition coefficient (Wildman–Crippen LogP) is 3.55. The quantitative estimate of drug-likeness (QED) is 0.710. The molecule has 29 heavy (non-hydrogen) atoms. The van der Waals surface area contributed by atoms with Crippen molar-refractivity contribution in [3.8, 4) is 0 Å². The lowest BCUT2D eigenvalue weighted by Gasteiger charge is -2.23. The lowest BCUT2D eigenvalue weighted by atomic mass is 9.95. The molecule has 1 N–H and O–H groups in total. The number of hydrogen-bond donors (Lipinski definition) is 1. The van der Waals surface area contributed by atoms with Crippen molar-refractivity contribution in [2.75, 3.05) is 18.1 Å². The van der Waals surface area contributed by atoms with Crippen LogP contribution in [0.4, 0.5) is 5.69 Å². The van der Waals surface area contributed by atoms with Crippen LogP contribution in [0.2, 0.25) is 0 Å². The summed E-state index contributed by atoms with van der Waals surface area (Å²) in [6, 6.07) is 8.05. The number of nitrogens with one attached hydrogen (secondary N) is 1. The average Bonchev–Trinajstić information content (AvgIpc) is 3.13. The van der Waals surface area contributed by atoms with E-state index in [9.17, 15) is 14.4 Å². The van der Waals surface area contributed by atoms with Gasteiger partial charge >= 0.3 is 5.97 Å². The van der Waals surface area contributed by atoms with E-state index < -0.39 is 11.9 Å². The molecule has 2 aliphatic rings. The number of ether oxygens (including phenoxy) is 1. The van der Waals surface area contributed by atoms with Gasteiger partial charge in [0.15, 0.2) is 6.61 Å². The van der Waals surface area contributed by atoms with E-state index in [-0.39, 0.29) is 30.9 Å². The van der Waals surface area contributed by atoms with Crippen molar-refractivity contribution in [1.82, 2.24) is 5.32 Å². The Balaban J connectivity index is 1.54.